The molecule has 0 spiro atoms. The summed E-state index contributed by atoms with van der Waals surface area (Å²) in [6, 6.07) is 9.67. The molecule has 0 saturated heterocycles. The molecule has 0 aliphatic heterocycles. The van der Waals surface area contributed by atoms with Crippen LogP contribution < -0.4 is 10.5 Å². The summed E-state index contributed by atoms with van der Waals surface area (Å²) in [7, 11) is 0. The van der Waals surface area contributed by atoms with E-state index in [1.165, 1.54) is 49.4 Å². The van der Waals surface area contributed by atoms with E-state index in [0.717, 1.165) is 0 Å². The van der Waals surface area contributed by atoms with Gasteiger partial charge >= 0.3 is 11.7 Å². The van der Waals surface area contributed by atoms with Crippen LogP contribution in [-0.4, -0.2) is 22.9 Å². The minimum Gasteiger partial charge on any atom is -0.450 e. The molecule has 0 aromatic heterocycles. The van der Waals surface area contributed by atoms with Crippen LogP contribution in [0.3, 0.4) is 0 Å². The number of nitrogens with two attached hydrogens (primary N) is 1. The molecule has 0 heterocycles. The number of nitro benzene ring substituents is 1. The number of halogens is 1. The third-order valence-electron chi connectivity index (χ3n) is 3.12. The zero-order valence-corrected chi connectivity index (χ0v) is 13.7. The fourth-order valence-corrected chi connectivity index (χ4v) is 1.96. The van der Waals surface area contributed by atoms with Crippen LogP contribution in [0.5, 0.6) is 11.5 Å². The lowest BCUT2D eigenvalue weighted by molar-refractivity contribution is -0.385. The summed E-state index contributed by atoms with van der Waals surface area (Å²) in [4.78, 5) is 33.2. The van der Waals surface area contributed by atoms with Gasteiger partial charge in [0, 0.05) is 11.1 Å². The van der Waals surface area contributed by atoms with Gasteiger partial charge in [0.15, 0.2) is 6.10 Å². The number of benzene rings is 2. The van der Waals surface area contributed by atoms with Crippen molar-refractivity contribution in [3.63, 3.8) is 0 Å². The SMILES string of the molecule is C[C@H](OC(=O)c1ccc(Oc2ccc(Cl)cc2[N+](=O)[O-])cc1)C(N)=O. The van der Waals surface area contributed by atoms with Gasteiger partial charge in [0.2, 0.25) is 5.75 Å². The number of primary amides is 1. The van der Waals surface area contributed by atoms with Gasteiger partial charge in [-0.15, -0.1) is 0 Å². The second-order valence-electron chi connectivity index (χ2n) is 4.95. The van der Waals surface area contributed by atoms with Crippen LogP contribution in [0.25, 0.3) is 0 Å². The summed E-state index contributed by atoms with van der Waals surface area (Å²) in [5, 5.41) is 11.2. The molecule has 1 amide bonds. The highest BCUT2D eigenvalue weighted by molar-refractivity contribution is 6.30. The number of carbonyl (C=O) groups is 2. The van der Waals surface area contributed by atoms with Crippen molar-refractivity contribution < 1.29 is 24.0 Å². The lowest BCUT2D eigenvalue weighted by atomic mass is 10.2. The molecule has 2 rings (SSSR count). The quantitative estimate of drug-likeness (QED) is 0.477. The molecule has 25 heavy (non-hydrogen) atoms. The number of esters is 1. The van der Waals surface area contributed by atoms with Crippen molar-refractivity contribution in [2.45, 2.75) is 13.0 Å². The number of hydrogen-bond acceptors (Lipinski definition) is 6. The zero-order valence-electron chi connectivity index (χ0n) is 13.0. The molecule has 130 valence electrons. The Kier molecular flexibility index (Phi) is 5.56. The van der Waals surface area contributed by atoms with Crippen molar-refractivity contribution in [1.29, 1.82) is 0 Å². The molecule has 0 unspecified atom stereocenters. The summed E-state index contributed by atoms with van der Waals surface area (Å²) in [6.07, 6.45) is -1.06. The van der Waals surface area contributed by atoms with Crippen LogP contribution >= 0.6 is 11.6 Å². The minimum atomic E-state index is -1.06. The molecule has 2 aromatic rings. The molecule has 0 saturated carbocycles. The topological polar surface area (TPSA) is 122 Å². The zero-order chi connectivity index (χ0) is 18.6. The normalized spacial score (nSPS) is 11.4. The Bertz CT molecular complexity index is 822. The van der Waals surface area contributed by atoms with E-state index in [9.17, 15) is 19.7 Å². The molecule has 0 bridgehead atoms. The Morgan fingerprint density at radius 2 is 1.84 bits per heavy atom. The van der Waals surface area contributed by atoms with Crippen molar-refractivity contribution >= 4 is 29.2 Å². The summed E-state index contributed by atoms with van der Waals surface area (Å²) in [5.74, 6) is -1.21. The first-order chi connectivity index (χ1) is 11.8. The molecule has 2 aromatic carbocycles. The number of nitrogens with zero attached hydrogens (tertiary/aromatic N) is 1. The molecule has 1 atom stereocenters. The maximum absolute atomic E-state index is 11.8. The number of nitro groups is 1. The molecule has 8 nitrogen and oxygen atoms in total. The molecule has 2 N–H and O–H groups in total. The van der Waals surface area contributed by atoms with Gasteiger partial charge in [-0.3, -0.25) is 14.9 Å². The summed E-state index contributed by atoms with van der Waals surface area (Å²) >= 11 is 5.74. The molecule has 0 radical (unpaired) electrons. The number of amides is 1. The van der Waals surface area contributed by atoms with Gasteiger partial charge in [0.1, 0.15) is 5.75 Å². The predicted molar refractivity (Wildman–Crippen MR) is 88.7 cm³/mol. The highest BCUT2D eigenvalue weighted by Crippen LogP contribution is 2.33. The Labute approximate surface area is 147 Å². The van der Waals surface area contributed by atoms with Crippen LogP contribution in [0.4, 0.5) is 5.69 Å². The smallest absolute Gasteiger partial charge is 0.338 e. The van der Waals surface area contributed by atoms with Crippen LogP contribution in [0.1, 0.15) is 17.3 Å². The average Bonchev–Trinajstić information content (AvgIpc) is 2.56. The van der Waals surface area contributed by atoms with Crippen molar-refractivity contribution in [1.82, 2.24) is 0 Å². The van der Waals surface area contributed by atoms with E-state index < -0.39 is 22.9 Å². The van der Waals surface area contributed by atoms with Gasteiger partial charge < -0.3 is 15.2 Å². The first-order valence-corrected chi connectivity index (χ1v) is 7.38. The second kappa shape index (κ2) is 7.63. The van der Waals surface area contributed by atoms with Gasteiger partial charge in [-0.1, -0.05) is 11.6 Å². The lowest BCUT2D eigenvalue weighted by Crippen LogP contribution is -2.30. The molecular weight excluding hydrogens is 352 g/mol. The Hall–Kier alpha value is -3.13. The fraction of sp³-hybridized carbons (Fsp3) is 0.125. The van der Waals surface area contributed by atoms with E-state index in [1.807, 2.05) is 0 Å². The van der Waals surface area contributed by atoms with Gasteiger partial charge in [0.25, 0.3) is 5.91 Å². The van der Waals surface area contributed by atoms with E-state index in [2.05, 4.69) is 0 Å². The summed E-state index contributed by atoms with van der Waals surface area (Å²) in [5.41, 5.74) is 4.91. The molecule has 0 aliphatic rings. The molecule has 9 heteroatoms. The number of hydrogen-bond donors (Lipinski definition) is 1. The fourth-order valence-electron chi connectivity index (χ4n) is 1.79. The van der Waals surface area contributed by atoms with Crippen LogP contribution in [0.15, 0.2) is 42.5 Å². The maximum Gasteiger partial charge on any atom is 0.338 e. The molecule has 0 aliphatic carbocycles. The Morgan fingerprint density at radius 1 is 1.20 bits per heavy atom. The minimum absolute atomic E-state index is 0.00655. The van der Waals surface area contributed by atoms with E-state index in [4.69, 9.17) is 26.8 Å². The van der Waals surface area contributed by atoms with E-state index in [1.54, 1.807) is 0 Å². The summed E-state index contributed by atoms with van der Waals surface area (Å²) < 4.78 is 10.3. The van der Waals surface area contributed by atoms with Crippen molar-refractivity contribution in [3.05, 3.63) is 63.2 Å². The van der Waals surface area contributed by atoms with Crippen molar-refractivity contribution in [2.24, 2.45) is 5.73 Å². The summed E-state index contributed by atoms with van der Waals surface area (Å²) in [6.45, 7) is 1.36. The van der Waals surface area contributed by atoms with E-state index in [0.29, 0.717) is 0 Å². The molecule has 0 fully saturated rings. The first kappa shape index (κ1) is 18.2. The lowest BCUT2D eigenvalue weighted by Gasteiger charge is -2.10. The third kappa shape index (κ3) is 4.67. The highest BCUT2D eigenvalue weighted by Gasteiger charge is 2.18. The second-order valence-corrected chi connectivity index (χ2v) is 5.38. The molecular formula is C16H13ClN2O6. The monoisotopic (exact) mass is 364 g/mol. The Morgan fingerprint density at radius 3 is 2.40 bits per heavy atom. The van der Waals surface area contributed by atoms with E-state index in [-0.39, 0.29) is 27.8 Å². The highest BCUT2D eigenvalue weighted by atomic mass is 35.5. The Balaban J connectivity index is 2.15. The van der Waals surface area contributed by atoms with E-state index >= 15 is 0 Å². The number of rotatable bonds is 6. The number of carbonyl (C=O) groups excluding carboxylic acids is 2. The number of ether oxygens (including phenoxy) is 2. The van der Waals surface area contributed by atoms with Gasteiger partial charge in [0.05, 0.1) is 10.5 Å². The largest absolute Gasteiger partial charge is 0.450 e. The van der Waals surface area contributed by atoms with Gasteiger partial charge in [-0.25, -0.2) is 4.79 Å². The van der Waals surface area contributed by atoms with Crippen molar-refractivity contribution in [2.75, 3.05) is 0 Å². The predicted octanol–water partition coefficient (Wildman–Crippen LogP) is 3.07. The third-order valence-corrected chi connectivity index (χ3v) is 3.36. The van der Waals surface area contributed by atoms with Crippen LogP contribution in [0, 0.1) is 10.1 Å². The average molecular weight is 365 g/mol. The van der Waals surface area contributed by atoms with Crippen molar-refractivity contribution in [3.8, 4) is 11.5 Å². The van der Waals surface area contributed by atoms with Crippen LogP contribution in [-0.2, 0) is 9.53 Å². The van der Waals surface area contributed by atoms with Gasteiger partial charge in [-0.2, -0.15) is 0 Å². The van der Waals surface area contributed by atoms with Gasteiger partial charge in [-0.05, 0) is 43.3 Å². The first-order valence-electron chi connectivity index (χ1n) is 7.00. The van der Waals surface area contributed by atoms with Crippen LogP contribution in [0.2, 0.25) is 5.02 Å². The standard InChI is InChI=1S/C16H13ClN2O6/c1-9(15(18)20)24-16(21)10-2-5-12(6-3-10)25-14-7-4-11(17)8-13(14)19(22)23/h2-9H,1H3,(H2,18,20)/t9-/m0/s1. The maximum atomic E-state index is 11.8.